The van der Waals surface area contributed by atoms with Crippen molar-refractivity contribution in [1.82, 2.24) is 0 Å². The van der Waals surface area contributed by atoms with Crippen LogP contribution in [0, 0.1) is 0 Å². The first kappa shape index (κ1) is 13.4. The third kappa shape index (κ3) is 37.1. The Hall–Kier alpha value is -1.21. The summed E-state index contributed by atoms with van der Waals surface area (Å²) >= 11 is 0. The number of halogens is 3. The fourth-order valence-corrected chi connectivity index (χ4v) is 0.214. The number of carboxylic acid groups (broad SMARTS) is 2. The van der Waals surface area contributed by atoms with Gasteiger partial charge in [-0.2, -0.15) is 0 Å². The molecule has 0 radical (unpaired) electrons. The Morgan fingerprint density at radius 1 is 1.00 bits per heavy atom. The van der Waals surface area contributed by atoms with E-state index in [4.69, 9.17) is 10.2 Å². The van der Waals surface area contributed by atoms with Crippen LogP contribution in [0.2, 0.25) is 0 Å². The molecule has 0 aromatic rings. The summed E-state index contributed by atoms with van der Waals surface area (Å²) in [5, 5.41) is 15.8. The summed E-state index contributed by atoms with van der Waals surface area (Å²) in [6.45, 7) is 0. The maximum atomic E-state index is 9.67. The van der Waals surface area contributed by atoms with Crippen LogP contribution in [0.3, 0.4) is 0 Å². The molecule has 0 aliphatic heterocycles. The smallest absolute Gasteiger partial charge is 0.481 e. The van der Waals surface area contributed by atoms with Crippen LogP contribution in [-0.2, 0) is 9.59 Å². The third-order valence-electron chi connectivity index (χ3n) is 0.553. The number of rotatable bonds is 3. The molecule has 0 atom stereocenters. The Kier molecular flexibility index (Phi) is 8.81. The molecular weight excluding hydrogens is 180 g/mol. The van der Waals surface area contributed by atoms with E-state index in [2.05, 4.69) is 0 Å². The molecule has 8 heteroatoms. The van der Waals surface area contributed by atoms with Crippen LogP contribution < -0.4 is 0 Å². The Balaban J connectivity index is 0. The molecule has 12 heavy (non-hydrogen) atoms. The molecule has 0 amide bonds. The number of carboxylic acids is 2. The molecule has 0 aromatic carbocycles. The van der Waals surface area contributed by atoms with Gasteiger partial charge in [0.2, 0.25) is 0 Å². The van der Waals surface area contributed by atoms with Crippen molar-refractivity contribution < 1.29 is 32.7 Å². The van der Waals surface area contributed by atoms with Crippen molar-refractivity contribution in [3.8, 4) is 0 Å². The van der Waals surface area contributed by atoms with Crippen LogP contribution in [-0.4, -0.2) is 29.7 Å². The number of aliphatic carboxylic acids is 2. The standard InChI is InChI=1S/C4H6O4.BF3/c5-3(6)1-2-4(7)8;2-1(3)4/h1-2H2,(H,5,6)(H,7,8);. The minimum Gasteiger partial charge on any atom is -0.481 e. The van der Waals surface area contributed by atoms with E-state index in [0.29, 0.717) is 0 Å². The number of hydrogen-bond donors (Lipinski definition) is 2. The van der Waals surface area contributed by atoms with Gasteiger partial charge in [-0.25, -0.2) is 0 Å². The summed E-state index contributed by atoms with van der Waals surface area (Å²) in [5.74, 6) is -2.15. The van der Waals surface area contributed by atoms with Gasteiger partial charge in [-0.15, -0.1) is 0 Å². The van der Waals surface area contributed by atoms with Crippen LogP contribution in [0.1, 0.15) is 12.8 Å². The van der Waals surface area contributed by atoms with Gasteiger partial charge in [0.25, 0.3) is 0 Å². The van der Waals surface area contributed by atoms with E-state index in [1.807, 2.05) is 0 Å². The van der Waals surface area contributed by atoms with Gasteiger partial charge in [-0.05, 0) is 0 Å². The molecule has 0 spiro atoms. The van der Waals surface area contributed by atoms with Crippen LogP contribution in [0.25, 0.3) is 0 Å². The Labute approximate surface area is 66.2 Å². The van der Waals surface area contributed by atoms with Crippen LogP contribution in [0.5, 0.6) is 0 Å². The van der Waals surface area contributed by atoms with Crippen molar-refractivity contribution in [2.24, 2.45) is 0 Å². The summed E-state index contributed by atoms with van der Waals surface area (Å²) in [5.41, 5.74) is 0. The van der Waals surface area contributed by atoms with E-state index in [0.717, 1.165) is 0 Å². The first-order valence-corrected chi connectivity index (χ1v) is 2.72. The second kappa shape index (κ2) is 7.90. The minimum atomic E-state index is -3.67. The quantitative estimate of drug-likeness (QED) is 0.639. The van der Waals surface area contributed by atoms with E-state index in [1.54, 1.807) is 0 Å². The molecule has 2 N–H and O–H groups in total. The van der Waals surface area contributed by atoms with Gasteiger partial charge in [0, 0.05) is 0 Å². The first-order chi connectivity index (χ1) is 5.36. The highest BCUT2D eigenvalue weighted by atomic mass is 19.4. The highest BCUT2D eigenvalue weighted by Crippen LogP contribution is 1.86. The average Bonchev–Trinajstić information content (AvgIpc) is 1.82. The molecule has 0 rings (SSSR count). The lowest BCUT2D eigenvalue weighted by Gasteiger charge is -1.85. The van der Waals surface area contributed by atoms with Crippen molar-refractivity contribution in [2.45, 2.75) is 12.8 Å². The fraction of sp³-hybridized carbons (Fsp3) is 0.500. The van der Waals surface area contributed by atoms with Crippen molar-refractivity contribution in [2.75, 3.05) is 0 Å². The van der Waals surface area contributed by atoms with Gasteiger partial charge in [-0.3, -0.25) is 22.5 Å². The summed E-state index contributed by atoms with van der Waals surface area (Å²) < 4.78 is 29.0. The molecule has 0 saturated carbocycles. The second-order valence-corrected chi connectivity index (χ2v) is 1.53. The van der Waals surface area contributed by atoms with Crippen LogP contribution in [0.15, 0.2) is 0 Å². The average molecular weight is 186 g/mol. The van der Waals surface area contributed by atoms with E-state index in [9.17, 15) is 22.5 Å². The molecule has 0 aliphatic carbocycles. The van der Waals surface area contributed by atoms with Gasteiger partial charge in [0.1, 0.15) is 0 Å². The van der Waals surface area contributed by atoms with E-state index in [1.165, 1.54) is 0 Å². The SMILES string of the molecule is FB(F)F.O=C(O)CCC(=O)O. The monoisotopic (exact) mass is 186 g/mol. The van der Waals surface area contributed by atoms with E-state index < -0.39 is 19.5 Å². The largest absolute Gasteiger partial charge is 0.762 e. The lowest BCUT2D eigenvalue weighted by atomic mass is 10.3. The highest BCUT2D eigenvalue weighted by Gasteiger charge is 2.06. The first-order valence-electron chi connectivity index (χ1n) is 2.72. The summed E-state index contributed by atoms with van der Waals surface area (Å²) in [4.78, 5) is 19.3. The lowest BCUT2D eigenvalue weighted by molar-refractivity contribution is -0.143. The molecule has 0 aromatic heterocycles. The maximum absolute atomic E-state index is 9.67. The fourth-order valence-electron chi connectivity index (χ4n) is 0.214. The lowest BCUT2D eigenvalue weighted by Crippen LogP contribution is -2.00. The van der Waals surface area contributed by atoms with Gasteiger partial charge in [0.15, 0.2) is 0 Å². The summed E-state index contributed by atoms with van der Waals surface area (Å²) in [6.07, 6.45) is -0.593. The topological polar surface area (TPSA) is 74.6 Å². The predicted octanol–water partition coefficient (Wildman–Crippen LogP) is 0.816. The van der Waals surface area contributed by atoms with E-state index in [-0.39, 0.29) is 12.8 Å². The Morgan fingerprint density at radius 3 is 1.25 bits per heavy atom. The normalized spacial score (nSPS) is 7.92. The van der Waals surface area contributed by atoms with Crippen molar-refractivity contribution >= 4 is 19.5 Å². The highest BCUT2D eigenvalue weighted by molar-refractivity contribution is 6.33. The molecule has 0 bridgehead atoms. The van der Waals surface area contributed by atoms with Gasteiger partial charge in [0.05, 0.1) is 12.8 Å². The summed E-state index contributed by atoms with van der Waals surface area (Å²) in [6, 6.07) is 0. The summed E-state index contributed by atoms with van der Waals surface area (Å²) in [7, 11) is -3.67. The molecule has 0 unspecified atom stereocenters. The zero-order valence-corrected chi connectivity index (χ0v) is 5.84. The molecule has 70 valence electrons. The van der Waals surface area contributed by atoms with Gasteiger partial charge < -0.3 is 10.2 Å². The molecule has 4 nitrogen and oxygen atoms in total. The second-order valence-electron chi connectivity index (χ2n) is 1.53. The van der Waals surface area contributed by atoms with Gasteiger partial charge in [-0.1, -0.05) is 0 Å². The van der Waals surface area contributed by atoms with Crippen molar-refractivity contribution in [3.63, 3.8) is 0 Å². The molecule has 0 fully saturated rings. The zero-order valence-electron chi connectivity index (χ0n) is 5.84. The van der Waals surface area contributed by atoms with Crippen LogP contribution >= 0.6 is 0 Å². The third-order valence-corrected chi connectivity index (χ3v) is 0.553. The predicted molar refractivity (Wildman–Crippen MR) is 33.6 cm³/mol. The minimum absolute atomic E-state index is 0.296. The molecular formula is C4H6BF3O4. The zero-order chi connectivity index (χ0) is 10.1. The van der Waals surface area contributed by atoms with E-state index >= 15 is 0 Å². The number of hydrogen-bond acceptors (Lipinski definition) is 2. The molecule has 0 heterocycles. The Morgan fingerprint density at radius 2 is 1.17 bits per heavy atom. The van der Waals surface area contributed by atoms with Crippen molar-refractivity contribution in [1.29, 1.82) is 0 Å². The van der Waals surface area contributed by atoms with Gasteiger partial charge >= 0.3 is 19.5 Å². The Bertz CT molecular complexity index is 134. The number of carbonyl (C=O) groups is 2. The van der Waals surface area contributed by atoms with Crippen molar-refractivity contribution in [3.05, 3.63) is 0 Å². The van der Waals surface area contributed by atoms with Crippen LogP contribution in [0.4, 0.5) is 12.9 Å². The molecule has 0 aliphatic rings. The molecule has 0 saturated heterocycles. The maximum Gasteiger partial charge on any atom is 0.762 e.